The van der Waals surface area contributed by atoms with Crippen LogP contribution in [0.1, 0.15) is 71.4 Å². The molecule has 0 aromatic heterocycles. The lowest BCUT2D eigenvalue weighted by Gasteiger charge is -2.24. The monoisotopic (exact) mass is 248 g/mol. The second-order valence-electron chi connectivity index (χ2n) is 4.88. The van der Waals surface area contributed by atoms with Gasteiger partial charge in [-0.3, -0.25) is 0 Å². The molecule has 0 spiro atoms. The Balaban J connectivity index is 3.71. The van der Waals surface area contributed by atoms with E-state index in [9.17, 15) is 19.8 Å². The lowest BCUT2D eigenvalue weighted by Crippen LogP contribution is -2.32. The molecule has 0 radical (unpaired) electrons. The zero-order valence-corrected chi connectivity index (χ0v) is 10.9. The first kappa shape index (κ1) is 14.2. The molecule has 0 aliphatic heterocycles. The minimum atomic E-state index is -1.49. The fourth-order valence-electron chi connectivity index (χ4n) is 2.15. The molecule has 1 rings (SSSR count). The normalized spacial score (nSPS) is 11.0. The molecule has 0 saturated carbocycles. The molecule has 0 bridgehead atoms. The molecule has 0 aliphatic rings. The van der Waals surface area contributed by atoms with Crippen LogP contribution in [0.5, 0.6) is 0 Å². The summed E-state index contributed by atoms with van der Waals surface area (Å²) in [5.74, 6) is -2.96. The van der Waals surface area contributed by atoms with Crippen LogP contribution < -0.4 is 10.2 Å². The quantitative estimate of drug-likeness (QED) is 0.784. The molecular weight excluding hydrogens is 232 g/mol. The highest BCUT2D eigenvalue weighted by molar-refractivity contribution is 6.01. The Morgan fingerprint density at radius 3 is 1.83 bits per heavy atom. The predicted molar refractivity (Wildman–Crippen MR) is 63.3 cm³/mol. The standard InChI is InChI=1S/C14H18O4/c1-7(2)9-5-6-10(13(15)16)12(14(17)18)11(9)8(3)4/h5-8H,1-4H3,(H,15,16)(H,17,18)/p-2. The second kappa shape index (κ2) is 5.21. The highest BCUT2D eigenvalue weighted by Crippen LogP contribution is 2.31. The van der Waals surface area contributed by atoms with Crippen molar-refractivity contribution in [2.24, 2.45) is 0 Å². The first-order valence-corrected chi connectivity index (χ1v) is 5.86. The fraction of sp³-hybridized carbons (Fsp3) is 0.429. The van der Waals surface area contributed by atoms with Crippen molar-refractivity contribution in [3.63, 3.8) is 0 Å². The van der Waals surface area contributed by atoms with Crippen molar-refractivity contribution in [3.05, 3.63) is 34.4 Å². The Labute approximate surface area is 106 Å². The summed E-state index contributed by atoms with van der Waals surface area (Å²) in [5, 5.41) is 22.2. The first-order chi connectivity index (χ1) is 8.27. The van der Waals surface area contributed by atoms with Gasteiger partial charge < -0.3 is 19.8 Å². The van der Waals surface area contributed by atoms with Crippen molar-refractivity contribution in [2.45, 2.75) is 39.5 Å². The third-order valence-electron chi connectivity index (χ3n) is 2.90. The van der Waals surface area contributed by atoms with Gasteiger partial charge in [-0.25, -0.2) is 0 Å². The van der Waals surface area contributed by atoms with Gasteiger partial charge in [0, 0.05) is 11.1 Å². The van der Waals surface area contributed by atoms with Crippen LogP contribution in [-0.4, -0.2) is 11.9 Å². The van der Waals surface area contributed by atoms with Gasteiger partial charge in [0.1, 0.15) is 0 Å². The van der Waals surface area contributed by atoms with Crippen LogP contribution in [0.15, 0.2) is 12.1 Å². The van der Waals surface area contributed by atoms with Crippen molar-refractivity contribution in [1.82, 2.24) is 0 Å². The predicted octanol–water partition coefficient (Wildman–Crippen LogP) is 0.660. The summed E-state index contributed by atoms with van der Waals surface area (Å²) in [6.07, 6.45) is 0. The van der Waals surface area contributed by atoms with Crippen LogP contribution in [0.3, 0.4) is 0 Å². The molecule has 1 aromatic rings. The maximum atomic E-state index is 11.2. The number of benzene rings is 1. The summed E-state index contributed by atoms with van der Waals surface area (Å²) < 4.78 is 0. The van der Waals surface area contributed by atoms with Crippen molar-refractivity contribution >= 4 is 11.9 Å². The highest BCUT2D eigenvalue weighted by Gasteiger charge is 2.18. The Kier molecular flexibility index (Phi) is 4.11. The summed E-state index contributed by atoms with van der Waals surface area (Å²) in [7, 11) is 0. The average molecular weight is 248 g/mol. The van der Waals surface area contributed by atoms with Crippen molar-refractivity contribution < 1.29 is 19.8 Å². The Morgan fingerprint density at radius 2 is 1.50 bits per heavy atom. The van der Waals surface area contributed by atoms with Gasteiger partial charge in [-0.15, -0.1) is 0 Å². The SMILES string of the molecule is CC(C)c1ccc(C(=O)[O-])c(C(=O)[O-])c1C(C)C. The molecule has 0 aliphatic carbocycles. The summed E-state index contributed by atoms with van der Waals surface area (Å²) in [4.78, 5) is 22.2. The Hall–Kier alpha value is -1.84. The third-order valence-corrected chi connectivity index (χ3v) is 2.90. The van der Waals surface area contributed by atoms with Gasteiger partial charge in [-0.05, 0) is 23.0 Å². The molecule has 0 unspecified atom stereocenters. The maximum absolute atomic E-state index is 11.2. The van der Waals surface area contributed by atoms with E-state index in [2.05, 4.69) is 0 Å². The molecule has 0 fully saturated rings. The number of carbonyl (C=O) groups excluding carboxylic acids is 2. The van der Waals surface area contributed by atoms with Crippen molar-refractivity contribution in [1.29, 1.82) is 0 Å². The maximum Gasteiger partial charge on any atom is 0.0724 e. The smallest absolute Gasteiger partial charge is 0.0724 e. The number of rotatable bonds is 4. The van der Waals surface area contributed by atoms with E-state index in [1.807, 2.05) is 27.7 Å². The molecule has 4 heteroatoms. The van der Waals surface area contributed by atoms with Gasteiger partial charge >= 0.3 is 0 Å². The van der Waals surface area contributed by atoms with E-state index in [1.165, 1.54) is 6.07 Å². The number of carboxylic acids is 2. The fourth-order valence-corrected chi connectivity index (χ4v) is 2.15. The van der Waals surface area contributed by atoms with Gasteiger partial charge in [-0.2, -0.15) is 0 Å². The highest BCUT2D eigenvalue weighted by atomic mass is 16.4. The molecule has 0 saturated heterocycles. The number of hydrogen-bond acceptors (Lipinski definition) is 4. The van der Waals surface area contributed by atoms with Crippen LogP contribution >= 0.6 is 0 Å². The molecule has 0 N–H and O–H groups in total. The topological polar surface area (TPSA) is 80.3 Å². The Bertz CT molecular complexity index is 487. The zero-order valence-electron chi connectivity index (χ0n) is 10.9. The average Bonchev–Trinajstić information content (AvgIpc) is 2.26. The number of hydrogen-bond donors (Lipinski definition) is 0. The van der Waals surface area contributed by atoms with Gasteiger partial charge in [0.05, 0.1) is 11.9 Å². The lowest BCUT2D eigenvalue weighted by atomic mass is 9.84. The third kappa shape index (κ3) is 2.53. The molecule has 4 nitrogen and oxygen atoms in total. The largest absolute Gasteiger partial charge is 0.545 e. The van der Waals surface area contributed by atoms with Gasteiger partial charge in [0.15, 0.2) is 0 Å². The van der Waals surface area contributed by atoms with Crippen molar-refractivity contribution in [3.8, 4) is 0 Å². The summed E-state index contributed by atoms with van der Waals surface area (Å²) >= 11 is 0. The van der Waals surface area contributed by atoms with Crippen LogP contribution in [0, 0.1) is 0 Å². The van der Waals surface area contributed by atoms with E-state index in [4.69, 9.17) is 0 Å². The molecule has 0 heterocycles. The van der Waals surface area contributed by atoms with E-state index in [1.54, 1.807) is 6.07 Å². The van der Waals surface area contributed by atoms with Crippen LogP contribution in [0.25, 0.3) is 0 Å². The summed E-state index contributed by atoms with van der Waals surface area (Å²) in [6, 6.07) is 2.93. The molecule has 98 valence electrons. The van der Waals surface area contributed by atoms with Gasteiger partial charge in [-0.1, -0.05) is 39.8 Å². The molecular formula is C14H16O4-2. The van der Waals surface area contributed by atoms with E-state index in [-0.39, 0.29) is 23.0 Å². The van der Waals surface area contributed by atoms with Crippen LogP contribution in [0.4, 0.5) is 0 Å². The van der Waals surface area contributed by atoms with E-state index >= 15 is 0 Å². The van der Waals surface area contributed by atoms with Gasteiger partial charge in [0.2, 0.25) is 0 Å². The van der Waals surface area contributed by atoms with E-state index in [0.717, 1.165) is 5.56 Å². The minimum Gasteiger partial charge on any atom is -0.545 e. The molecule has 18 heavy (non-hydrogen) atoms. The zero-order chi connectivity index (χ0) is 14.0. The van der Waals surface area contributed by atoms with E-state index in [0.29, 0.717) is 5.56 Å². The first-order valence-electron chi connectivity index (χ1n) is 5.86. The Morgan fingerprint density at radius 1 is 0.944 bits per heavy atom. The van der Waals surface area contributed by atoms with Crippen molar-refractivity contribution in [2.75, 3.05) is 0 Å². The number of carbonyl (C=O) groups is 2. The van der Waals surface area contributed by atoms with E-state index < -0.39 is 11.9 Å². The number of carboxylic acid groups (broad SMARTS) is 2. The summed E-state index contributed by atoms with van der Waals surface area (Å²) in [6.45, 7) is 7.51. The molecule has 1 aromatic carbocycles. The lowest BCUT2D eigenvalue weighted by molar-refractivity contribution is -0.259. The van der Waals surface area contributed by atoms with Crippen LogP contribution in [0.2, 0.25) is 0 Å². The minimum absolute atomic E-state index is 0.102. The number of aromatic carboxylic acids is 2. The molecule has 0 atom stereocenters. The van der Waals surface area contributed by atoms with Gasteiger partial charge in [0.25, 0.3) is 0 Å². The molecule has 0 amide bonds. The van der Waals surface area contributed by atoms with Crippen LogP contribution in [-0.2, 0) is 0 Å². The second-order valence-corrected chi connectivity index (χ2v) is 4.88. The summed E-state index contributed by atoms with van der Waals surface area (Å²) in [5.41, 5.74) is 0.778.